The average molecular weight is 416 g/mol. The zero-order valence-electron chi connectivity index (χ0n) is 16.2. The van der Waals surface area contributed by atoms with Crippen molar-refractivity contribution in [1.29, 1.82) is 0 Å². The van der Waals surface area contributed by atoms with Crippen LogP contribution in [0.2, 0.25) is 10.0 Å². The summed E-state index contributed by atoms with van der Waals surface area (Å²) in [5.74, 6) is 1.35. The number of hydrogen-bond acceptors (Lipinski definition) is 3. The lowest BCUT2D eigenvalue weighted by atomic mass is 10.1. The predicted molar refractivity (Wildman–Crippen MR) is 117 cm³/mol. The van der Waals surface area contributed by atoms with Gasteiger partial charge < -0.3 is 14.8 Å². The highest BCUT2D eigenvalue weighted by Gasteiger charge is 2.13. The molecule has 0 heterocycles. The highest BCUT2D eigenvalue weighted by Crippen LogP contribution is 2.34. The normalized spacial score (nSPS) is 10.6. The molecule has 1 N–H and O–H groups in total. The molecule has 0 radical (unpaired) electrons. The largest absolute Gasteiger partial charge is 0.493 e. The van der Waals surface area contributed by atoms with Crippen LogP contribution < -0.4 is 14.8 Å². The Hall–Kier alpha value is -2.36. The number of ether oxygens (including phenoxy) is 2. The SMILES string of the molecule is COc1cccc(CNc2ccc(C)c(C)c2)c1OCc1c(Cl)cccc1Cl. The van der Waals surface area contributed by atoms with Gasteiger partial charge in [0.15, 0.2) is 11.5 Å². The van der Waals surface area contributed by atoms with Crippen LogP contribution in [0.3, 0.4) is 0 Å². The van der Waals surface area contributed by atoms with Crippen molar-refractivity contribution >= 4 is 28.9 Å². The smallest absolute Gasteiger partial charge is 0.166 e. The third kappa shape index (κ3) is 4.73. The van der Waals surface area contributed by atoms with Gasteiger partial charge in [0, 0.05) is 33.4 Å². The fraction of sp³-hybridized carbons (Fsp3) is 0.217. The second-order valence-electron chi connectivity index (χ2n) is 6.59. The van der Waals surface area contributed by atoms with Crippen LogP contribution in [-0.4, -0.2) is 7.11 Å². The van der Waals surface area contributed by atoms with Gasteiger partial charge in [-0.25, -0.2) is 0 Å². The molecule has 0 bridgehead atoms. The molecule has 0 aliphatic carbocycles. The Morgan fingerprint density at radius 2 is 1.61 bits per heavy atom. The Balaban J connectivity index is 1.81. The van der Waals surface area contributed by atoms with E-state index in [-0.39, 0.29) is 6.61 Å². The van der Waals surface area contributed by atoms with Crippen LogP contribution in [0.5, 0.6) is 11.5 Å². The fourth-order valence-electron chi connectivity index (χ4n) is 2.89. The first kappa shape index (κ1) is 20.4. The summed E-state index contributed by atoms with van der Waals surface area (Å²) in [5, 5.41) is 4.62. The second kappa shape index (κ2) is 9.22. The predicted octanol–water partition coefficient (Wildman–Crippen LogP) is 6.81. The first-order chi connectivity index (χ1) is 13.5. The molecule has 3 aromatic carbocycles. The van der Waals surface area contributed by atoms with Gasteiger partial charge in [0.2, 0.25) is 0 Å². The van der Waals surface area contributed by atoms with Gasteiger partial charge in [0.25, 0.3) is 0 Å². The second-order valence-corrected chi connectivity index (χ2v) is 7.40. The molecule has 3 nitrogen and oxygen atoms in total. The van der Waals surface area contributed by atoms with E-state index in [2.05, 4.69) is 37.4 Å². The Labute approximate surface area is 176 Å². The number of aryl methyl sites for hydroxylation is 2. The quantitative estimate of drug-likeness (QED) is 0.459. The molecule has 0 fully saturated rings. The van der Waals surface area contributed by atoms with E-state index in [4.69, 9.17) is 32.7 Å². The number of nitrogens with one attached hydrogen (secondary N) is 1. The van der Waals surface area contributed by atoms with Gasteiger partial charge in [0.1, 0.15) is 6.61 Å². The Bertz CT molecular complexity index is 953. The molecule has 0 aromatic heterocycles. The number of halogens is 2. The number of anilines is 1. The van der Waals surface area contributed by atoms with E-state index in [1.165, 1.54) is 11.1 Å². The number of hydrogen-bond donors (Lipinski definition) is 1. The molecule has 0 amide bonds. The fourth-order valence-corrected chi connectivity index (χ4v) is 3.39. The van der Waals surface area contributed by atoms with Crippen molar-refractivity contribution in [3.63, 3.8) is 0 Å². The number of rotatable bonds is 7. The van der Waals surface area contributed by atoms with E-state index in [9.17, 15) is 0 Å². The number of methoxy groups -OCH3 is 1. The van der Waals surface area contributed by atoms with E-state index >= 15 is 0 Å². The molecule has 28 heavy (non-hydrogen) atoms. The van der Waals surface area contributed by atoms with E-state index < -0.39 is 0 Å². The summed E-state index contributed by atoms with van der Waals surface area (Å²) in [4.78, 5) is 0. The summed E-state index contributed by atoms with van der Waals surface area (Å²) in [6, 6.07) is 17.6. The summed E-state index contributed by atoms with van der Waals surface area (Å²) in [6.45, 7) is 5.07. The number of benzene rings is 3. The first-order valence-corrected chi connectivity index (χ1v) is 9.78. The summed E-state index contributed by atoms with van der Waals surface area (Å²) < 4.78 is 11.6. The zero-order valence-corrected chi connectivity index (χ0v) is 17.7. The summed E-state index contributed by atoms with van der Waals surface area (Å²) in [7, 11) is 1.63. The van der Waals surface area contributed by atoms with E-state index in [0.717, 1.165) is 16.8 Å². The Kier molecular flexibility index (Phi) is 6.71. The third-order valence-corrected chi connectivity index (χ3v) is 5.40. The molecule has 3 aromatic rings. The molecule has 0 saturated heterocycles. The van der Waals surface area contributed by atoms with Gasteiger partial charge in [0.05, 0.1) is 7.11 Å². The Morgan fingerprint density at radius 3 is 2.29 bits per heavy atom. The van der Waals surface area contributed by atoms with Crippen LogP contribution in [0.15, 0.2) is 54.6 Å². The molecule has 3 rings (SSSR count). The molecular formula is C23H23Cl2NO2. The van der Waals surface area contributed by atoms with E-state index in [1.54, 1.807) is 19.2 Å². The van der Waals surface area contributed by atoms with E-state index in [0.29, 0.717) is 28.1 Å². The maximum Gasteiger partial charge on any atom is 0.166 e. The van der Waals surface area contributed by atoms with Crippen molar-refractivity contribution in [3.8, 4) is 11.5 Å². The van der Waals surface area contributed by atoms with Crippen LogP contribution in [0.25, 0.3) is 0 Å². The van der Waals surface area contributed by atoms with Gasteiger partial charge in [-0.2, -0.15) is 0 Å². The molecule has 5 heteroatoms. The van der Waals surface area contributed by atoms with Crippen LogP contribution in [0.1, 0.15) is 22.3 Å². The van der Waals surface area contributed by atoms with Crippen LogP contribution in [0, 0.1) is 13.8 Å². The molecular weight excluding hydrogens is 393 g/mol. The maximum absolute atomic E-state index is 6.27. The lowest BCUT2D eigenvalue weighted by Crippen LogP contribution is -2.06. The number of para-hydroxylation sites is 1. The van der Waals surface area contributed by atoms with Crippen molar-refractivity contribution in [2.75, 3.05) is 12.4 Å². The average Bonchev–Trinajstić information content (AvgIpc) is 2.68. The third-order valence-electron chi connectivity index (χ3n) is 4.69. The zero-order chi connectivity index (χ0) is 20.1. The van der Waals surface area contributed by atoms with Gasteiger partial charge in [-0.05, 0) is 55.3 Å². The minimum atomic E-state index is 0.259. The van der Waals surface area contributed by atoms with E-state index in [1.807, 2.05) is 24.3 Å². The first-order valence-electron chi connectivity index (χ1n) is 9.02. The van der Waals surface area contributed by atoms with Gasteiger partial charge in [-0.1, -0.05) is 47.5 Å². The minimum Gasteiger partial charge on any atom is -0.493 e. The van der Waals surface area contributed by atoms with Crippen LogP contribution in [-0.2, 0) is 13.2 Å². The molecule has 0 spiro atoms. The highest BCUT2D eigenvalue weighted by atomic mass is 35.5. The van der Waals surface area contributed by atoms with Crippen LogP contribution in [0.4, 0.5) is 5.69 Å². The standard InChI is InChI=1S/C23H23Cl2NO2/c1-15-10-11-18(12-16(15)2)26-13-17-6-4-9-22(27-3)23(17)28-14-19-20(24)7-5-8-21(19)25/h4-12,26H,13-14H2,1-3H3. The molecule has 146 valence electrons. The van der Waals surface area contributed by atoms with Crippen LogP contribution >= 0.6 is 23.2 Å². The maximum atomic E-state index is 6.27. The minimum absolute atomic E-state index is 0.259. The van der Waals surface area contributed by atoms with Crippen molar-refractivity contribution in [3.05, 3.63) is 86.9 Å². The lowest BCUT2D eigenvalue weighted by Gasteiger charge is -2.17. The van der Waals surface area contributed by atoms with Gasteiger partial charge >= 0.3 is 0 Å². The van der Waals surface area contributed by atoms with Crippen molar-refractivity contribution in [1.82, 2.24) is 0 Å². The molecule has 0 saturated carbocycles. The van der Waals surface area contributed by atoms with Gasteiger partial charge in [-0.3, -0.25) is 0 Å². The van der Waals surface area contributed by atoms with Crippen molar-refractivity contribution in [2.24, 2.45) is 0 Å². The summed E-state index contributed by atoms with van der Waals surface area (Å²) >= 11 is 12.5. The molecule has 0 aliphatic rings. The monoisotopic (exact) mass is 415 g/mol. The lowest BCUT2D eigenvalue weighted by molar-refractivity contribution is 0.282. The summed E-state index contributed by atoms with van der Waals surface area (Å²) in [6.07, 6.45) is 0. The highest BCUT2D eigenvalue weighted by molar-refractivity contribution is 6.35. The molecule has 0 atom stereocenters. The topological polar surface area (TPSA) is 30.5 Å². The Morgan fingerprint density at radius 1 is 0.893 bits per heavy atom. The van der Waals surface area contributed by atoms with Crippen molar-refractivity contribution in [2.45, 2.75) is 27.0 Å². The van der Waals surface area contributed by atoms with Crippen molar-refractivity contribution < 1.29 is 9.47 Å². The molecule has 0 aliphatic heterocycles. The summed E-state index contributed by atoms with van der Waals surface area (Å²) in [5.41, 5.74) is 5.32. The van der Waals surface area contributed by atoms with Gasteiger partial charge in [-0.15, -0.1) is 0 Å². The molecule has 0 unspecified atom stereocenters.